The Labute approximate surface area is 149 Å². The summed E-state index contributed by atoms with van der Waals surface area (Å²) in [4.78, 5) is 12.7. The van der Waals surface area contributed by atoms with E-state index in [2.05, 4.69) is 5.32 Å². The summed E-state index contributed by atoms with van der Waals surface area (Å²) >= 11 is 1.40. The summed E-state index contributed by atoms with van der Waals surface area (Å²) < 4.78 is 10.8. The smallest absolute Gasteiger partial charge is 0.246 e. The molecule has 0 saturated heterocycles. The van der Waals surface area contributed by atoms with E-state index in [-0.39, 0.29) is 19.1 Å². The maximum Gasteiger partial charge on any atom is 0.246 e. The van der Waals surface area contributed by atoms with Gasteiger partial charge in [0.1, 0.15) is 12.4 Å². The first-order valence-electron chi connectivity index (χ1n) is 7.87. The zero-order chi connectivity index (χ0) is 17.5. The molecule has 25 heavy (non-hydrogen) atoms. The highest BCUT2D eigenvalue weighted by molar-refractivity contribution is 7.10. The number of rotatable bonds is 8. The number of aliphatic hydroxyl groups is 1. The molecule has 0 aliphatic heterocycles. The number of thiophene rings is 1. The summed E-state index contributed by atoms with van der Waals surface area (Å²) in [5, 5.41) is 15.6. The van der Waals surface area contributed by atoms with Crippen LogP contribution < -0.4 is 5.32 Å². The fraction of sp³-hybridized carbons (Fsp3) is 0.211. The molecule has 3 rings (SSSR count). The van der Waals surface area contributed by atoms with Crippen LogP contribution in [0.3, 0.4) is 0 Å². The zero-order valence-electron chi connectivity index (χ0n) is 13.6. The van der Waals surface area contributed by atoms with Gasteiger partial charge in [-0.05, 0) is 29.1 Å². The maximum absolute atomic E-state index is 12.0. The van der Waals surface area contributed by atoms with Crippen LogP contribution >= 0.6 is 11.3 Å². The van der Waals surface area contributed by atoms with E-state index in [4.69, 9.17) is 9.15 Å². The molecule has 0 spiro atoms. The van der Waals surface area contributed by atoms with E-state index in [1.165, 1.54) is 17.6 Å². The lowest BCUT2D eigenvalue weighted by atomic mass is 9.98. The molecular formula is C19H19NO4S. The highest BCUT2D eigenvalue weighted by atomic mass is 32.1. The van der Waals surface area contributed by atoms with Gasteiger partial charge in [0.15, 0.2) is 5.60 Å². The van der Waals surface area contributed by atoms with Gasteiger partial charge in [-0.1, -0.05) is 36.4 Å². The van der Waals surface area contributed by atoms with Gasteiger partial charge >= 0.3 is 0 Å². The minimum atomic E-state index is -1.40. The second-order valence-corrected chi connectivity index (χ2v) is 6.52. The maximum atomic E-state index is 12.0. The molecule has 0 saturated carbocycles. The molecule has 1 atom stereocenters. The number of hydrogen-bond acceptors (Lipinski definition) is 5. The summed E-state index contributed by atoms with van der Waals surface area (Å²) in [5.74, 6) is 0.0953. The molecule has 0 fully saturated rings. The van der Waals surface area contributed by atoms with Crippen molar-refractivity contribution >= 4 is 17.2 Å². The van der Waals surface area contributed by atoms with Gasteiger partial charge in [-0.15, -0.1) is 11.3 Å². The van der Waals surface area contributed by atoms with E-state index in [1.807, 2.05) is 47.8 Å². The van der Waals surface area contributed by atoms with Crippen molar-refractivity contribution in [1.82, 2.24) is 5.32 Å². The first-order valence-corrected chi connectivity index (χ1v) is 8.75. The molecule has 1 aromatic carbocycles. The Kier molecular flexibility index (Phi) is 5.65. The fourth-order valence-electron chi connectivity index (χ4n) is 2.44. The predicted octanol–water partition coefficient (Wildman–Crippen LogP) is 2.91. The van der Waals surface area contributed by atoms with Crippen molar-refractivity contribution in [3.8, 4) is 0 Å². The van der Waals surface area contributed by atoms with E-state index < -0.39 is 5.60 Å². The Morgan fingerprint density at radius 1 is 1.16 bits per heavy atom. The van der Waals surface area contributed by atoms with Gasteiger partial charge in [-0.2, -0.15) is 0 Å². The van der Waals surface area contributed by atoms with Crippen molar-refractivity contribution in [2.45, 2.75) is 12.2 Å². The molecule has 0 bridgehead atoms. The molecule has 0 radical (unpaired) electrons. The third-order valence-corrected chi connectivity index (χ3v) is 4.76. The average molecular weight is 357 g/mol. The fourth-order valence-corrected chi connectivity index (χ4v) is 3.27. The molecule has 3 aromatic rings. The Morgan fingerprint density at radius 3 is 2.68 bits per heavy atom. The van der Waals surface area contributed by atoms with Crippen LogP contribution in [0.4, 0.5) is 0 Å². The van der Waals surface area contributed by atoms with Crippen LogP contribution in [0, 0.1) is 0 Å². The van der Waals surface area contributed by atoms with Crippen LogP contribution in [0.2, 0.25) is 0 Å². The monoisotopic (exact) mass is 357 g/mol. The predicted molar refractivity (Wildman–Crippen MR) is 95.1 cm³/mol. The van der Waals surface area contributed by atoms with E-state index in [9.17, 15) is 9.90 Å². The molecular weight excluding hydrogens is 338 g/mol. The van der Waals surface area contributed by atoms with Crippen LogP contribution in [0.15, 0.2) is 70.7 Å². The van der Waals surface area contributed by atoms with Crippen LogP contribution in [-0.2, 0) is 21.7 Å². The first-order chi connectivity index (χ1) is 12.2. The van der Waals surface area contributed by atoms with E-state index in [0.29, 0.717) is 17.2 Å². The largest absolute Gasteiger partial charge is 0.466 e. The number of carbonyl (C=O) groups excluding carboxylic acids is 1. The van der Waals surface area contributed by atoms with Crippen molar-refractivity contribution in [2.24, 2.45) is 0 Å². The minimum absolute atomic E-state index is 0.00849. The van der Waals surface area contributed by atoms with Crippen LogP contribution in [0.1, 0.15) is 16.2 Å². The molecule has 0 aliphatic rings. The SMILES string of the molecule is O=C(COCc1ccccc1)NCC(O)(c1ccco1)c1cccs1. The standard InChI is InChI=1S/C19H19NO4S/c21-18(13-23-12-15-6-2-1-3-7-15)20-14-19(22,16-8-4-10-24-16)17-9-5-11-25-17/h1-11,22H,12-14H2,(H,20,21). The average Bonchev–Trinajstić information content (AvgIpc) is 3.34. The van der Waals surface area contributed by atoms with Crippen molar-refractivity contribution < 1.29 is 19.1 Å². The van der Waals surface area contributed by atoms with Crippen molar-refractivity contribution in [2.75, 3.05) is 13.2 Å². The third kappa shape index (κ3) is 4.36. The molecule has 2 N–H and O–H groups in total. The second kappa shape index (κ2) is 8.11. The zero-order valence-corrected chi connectivity index (χ0v) is 14.4. The van der Waals surface area contributed by atoms with Gasteiger partial charge in [-0.3, -0.25) is 4.79 Å². The van der Waals surface area contributed by atoms with Crippen LogP contribution in [0.25, 0.3) is 0 Å². The highest BCUT2D eigenvalue weighted by Crippen LogP contribution is 2.32. The van der Waals surface area contributed by atoms with E-state index >= 15 is 0 Å². The summed E-state index contributed by atoms with van der Waals surface area (Å²) in [6.45, 7) is 0.295. The molecule has 1 amide bonds. The van der Waals surface area contributed by atoms with Gasteiger partial charge < -0.3 is 19.6 Å². The van der Waals surface area contributed by atoms with Crippen molar-refractivity contribution in [3.63, 3.8) is 0 Å². The normalized spacial score (nSPS) is 13.3. The number of amides is 1. The van der Waals surface area contributed by atoms with Gasteiger partial charge in [0.25, 0.3) is 0 Å². The van der Waals surface area contributed by atoms with Gasteiger partial charge in [0.05, 0.1) is 19.4 Å². The highest BCUT2D eigenvalue weighted by Gasteiger charge is 2.36. The Morgan fingerprint density at radius 2 is 2.00 bits per heavy atom. The number of benzene rings is 1. The minimum Gasteiger partial charge on any atom is -0.466 e. The molecule has 130 valence electrons. The Balaban J connectivity index is 1.55. The first kappa shape index (κ1) is 17.4. The lowest BCUT2D eigenvalue weighted by molar-refractivity contribution is -0.127. The van der Waals surface area contributed by atoms with Gasteiger partial charge in [0.2, 0.25) is 5.91 Å². The quantitative estimate of drug-likeness (QED) is 0.650. The Hall–Kier alpha value is -2.41. The molecule has 0 aliphatic carbocycles. The third-order valence-electron chi connectivity index (χ3n) is 3.74. The molecule has 2 aromatic heterocycles. The summed E-state index contributed by atoms with van der Waals surface area (Å²) in [7, 11) is 0. The summed E-state index contributed by atoms with van der Waals surface area (Å²) in [5.41, 5.74) is -0.395. The second-order valence-electron chi connectivity index (χ2n) is 5.57. The molecule has 5 nitrogen and oxygen atoms in total. The van der Waals surface area contributed by atoms with Gasteiger partial charge in [-0.25, -0.2) is 0 Å². The van der Waals surface area contributed by atoms with Crippen LogP contribution in [-0.4, -0.2) is 24.2 Å². The lowest BCUT2D eigenvalue weighted by Gasteiger charge is -2.25. The number of carbonyl (C=O) groups is 1. The Bertz CT molecular complexity index is 735. The molecule has 1 unspecified atom stereocenters. The molecule has 2 heterocycles. The van der Waals surface area contributed by atoms with Crippen molar-refractivity contribution in [3.05, 3.63) is 82.4 Å². The van der Waals surface area contributed by atoms with Crippen molar-refractivity contribution in [1.29, 1.82) is 0 Å². The summed E-state index contributed by atoms with van der Waals surface area (Å²) in [6.07, 6.45) is 1.50. The lowest BCUT2D eigenvalue weighted by Crippen LogP contribution is -2.42. The number of hydrogen-bond donors (Lipinski definition) is 2. The van der Waals surface area contributed by atoms with E-state index in [0.717, 1.165) is 5.56 Å². The number of ether oxygens (including phenoxy) is 1. The van der Waals surface area contributed by atoms with Crippen LogP contribution in [0.5, 0.6) is 0 Å². The number of furan rings is 1. The van der Waals surface area contributed by atoms with Gasteiger partial charge in [0, 0.05) is 4.88 Å². The molecule has 6 heteroatoms. The summed E-state index contributed by atoms with van der Waals surface area (Å²) in [6, 6.07) is 16.7. The topological polar surface area (TPSA) is 71.7 Å². The van der Waals surface area contributed by atoms with E-state index in [1.54, 1.807) is 12.1 Å². The number of nitrogens with one attached hydrogen (secondary N) is 1.